The molecule has 132 valence electrons. The van der Waals surface area contributed by atoms with Crippen LogP contribution in [-0.2, 0) is 20.0 Å². The van der Waals surface area contributed by atoms with Crippen LogP contribution in [0.15, 0.2) is 53.4 Å². The van der Waals surface area contributed by atoms with Gasteiger partial charge in [0.2, 0.25) is 5.91 Å². The van der Waals surface area contributed by atoms with E-state index in [2.05, 4.69) is 5.32 Å². The van der Waals surface area contributed by atoms with E-state index in [9.17, 15) is 13.2 Å². The quantitative estimate of drug-likeness (QED) is 0.868. The topological polar surface area (TPSA) is 63.2 Å². The average molecular weight is 378 g/mol. The van der Waals surface area contributed by atoms with Crippen molar-refractivity contribution in [3.8, 4) is 0 Å². The number of sulfone groups is 1. The Morgan fingerprint density at radius 3 is 2.08 bits per heavy atom. The molecule has 3 rings (SSSR count). The lowest BCUT2D eigenvalue weighted by Gasteiger charge is -2.28. The minimum absolute atomic E-state index is 0.0561. The number of anilines is 1. The zero-order valence-electron chi connectivity index (χ0n) is 14.0. The van der Waals surface area contributed by atoms with Crippen molar-refractivity contribution in [2.75, 3.05) is 11.6 Å². The van der Waals surface area contributed by atoms with Crippen LogP contribution in [0.4, 0.5) is 5.69 Å². The largest absolute Gasteiger partial charge is 0.325 e. The predicted molar refractivity (Wildman–Crippen MR) is 99.8 cm³/mol. The summed E-state index contributed by atoms with van der Waals surface area (Å²) in [4.78, 5) is 13.3. The molecule has 2 aromatic carbocycles. The van der Waals surface area contributed by atoms with Gasteiger partial charge in [0.25, 0.3) is 0 Å². The summed E-state index contributed by atoms with van der Waals surface area (Å²) in [7, 11) is -3.25. The first-order valence-corrected chi connectivity index (χ1v) is 10.5. The van der Waals surface area contributed by atoms with E-state index in [-0.39, 0.29) is 10.8 Å². The van der Waals surface area contributed by atoms with Crippen LogP contribution in [-0.4, -0.2) is 20.6 Å². The molecule has 1 saturated carbocycles. The van der Waals surface area contributed by atoms with Gasteiger partial charge in [-0.3, -0.25) is 4.79 Å². The van der Waals surface area contributed by atoms with Crippen LogP contribution in [0, 0.1) is 0 Å². The average Bonchev–Trinajstić information content (AvgIpc) is 3.06. The van der Waals surface area contributed by atoms with Crippen LogP contribution in [0.5, 0.6) is 0 Å². The number of nitrogens with one attached hydrogen (secondary N) is 1. The molecule has 0 unspecified atom stereocenters. The SMILES string of the molecule is CS(=O)(=O)c1ccc(NC(=O)C2(c3ccc(Cl)cc3)CCCC2)cc1. The fourth-order valence-electron chi connectivity index (χ4n) is 3.43. The van der Waals surface area contributed by atoms with Crippen molar-refractivity contribution in [3.63, 3.8) is 0 Å². The summed E-state index contributed by atoms with van der Waals surface area (Å²) in [6.07, 6.45) is 4.75. The molecule has 0 radical (unpaired) electrons. The molecule has 0 aliphatic heterocycles. The molecule has 1 N–H and O–H groups in total. The lowest BCUT2D eigenvalue weighted by atomic mass is 9.78. The predicted octanol–water partition coefficient (Wildman–Crippen LogP) is 4.19. The molecular formula is C19H20ClNO3S. The van der Waals surface area contributed by atoms with E-state index >= 15 is 0 Å². The maximum atomic E-state index is 13.0. The van der Waals surface area contributed by atoms with Crippen LogP contribution in [0.2, 0.25) is 5.02 Å². The number of hydrogen-bond acceptors (Lipinski definition) is 3. The van der Waals surface area contributed by atoms with Gasteiger partial charge < -0.3 is 5.32 Å². The number of benzene rings is 2. The highest BCUT2D eigenvalue weighted by molar-refractivity contribution is 7.90. The first kappa shape index (κ1) is 18.0. The maximum Gasteiger partial charge on any atom is 0.235 e. The van der Waals surface area contributed by atoms with E-state index in [4.69, 9.17) is 11.6 Å². The Hall–Kier alpha value is -1.85. The summed E-state index contributed by atoms with van der Waals surface area (Å²) in [5.41, 5.74) is 1.01. The second kappa shape index (κ2) is 6.81. The summed E-state index contributed by atoms with van der Waals surface area (Å²) in [5.74, 6) is -0.0561. The Labute approximate surface area is 153 Å². The summed E-state index contributed by atoms with van der Waals surface area (Å²) < 4.78 is 23.1. The van der Waals surface area contributed by atoms with E-state index in [0.29, 0.717) is 10.7 Å². The highest BCUT2D eigenvalue weighted by atomic mass is 35.5. The molecule has 1 amide bonds. The second-order valence-electron chi connectivity index (χ2n) is 6.55. The van der Waals surface area contributed by atoms with Crippen LogP contribution in [0.25, 0.3) is 0 Å². The fraction of sp³-hybridized carbons (Fsp3) is 0.316. The Kier molecular flexibility index (Phi) is 4.89. The zero-order valence-corrected chi connectivity index (χ0v) is 15.5. The molecule has 1 aliphatic carbocycles. The highest BCUT2D eigenvalue weighted by Gasteiger charge is 2.42. The molecule has 6 heteroatoms. The lowest BCUT2D eigenvalue weighted by Crippen LogP contribution is -2.37. The molecular weight excluding hydrogens is 358 g/mol. The Morgan fingerprint density at radius 1 is 1.00 bits per heavy atom. The van der Waals surface area contributed by atoms with E-state index in [1.807, 2.05) is 24.3 Å². The van der Waals surface area contributed by atoms with Crippen molar-refractivity contribution < 1.29 is 13.2 Å². The molecule has 0 saturated heterocycles. The van der Waals surface area contributed by atoms with Gasteiger partial charge in [-0.05, 0) is 54.8 Å². The van der Waals surface area contributed by atoms with Crippen molar-refractivity contribution in [2.45, 2.75) is 36.0 Å². The first-order chi connectivity index (χ1) is 11.8. The monoisotopic (exact) mass is 377 g/mol. The third-order valence-corrected chi connectivity index (χ3v) is 6.21. The molecule has 0 heterocycles. The number of rotatable bonds is 4. The molecule has 0 atom stereocenters. The Balaban J connectivity index is 1.86. The third kappa shape index (κ3) is 3.72. The maximum absolute atomic E-state index is 13.0. The number of halogens is 1. The van der Waals surface area contributed by atoms with Gasteiger partial charge >= 0.3 is 0 Å². The molecule has 1 fully saturated rings. The van der Waals surface area contributed by atoms with Crippen LogP contribution >= 0.6 is 11.6 Å². The normalized spacial score (nSPS) is 16.6. The number of carbonyl (C=O) groups excluding carboxylic acids is 1. The first-order valence-electron chi connectivity index (χ1n) is 8.19. The van der Waals surface area contributed by atoms with Crippen molar-refractivity contribution in [3.05, 3.63) is 59.1 Å². The van der Waals surface area contributed by atoms with Gasteiger partial charge in [0, 0.05) is 17.0 Å². The third-order valence-electron chi connectivity index (χ3n) is 4.83. The minimum Gasteiger partial charge on any atom is -0.325 e. The van der Waals surface area contributed by atoms with Gasteiger partial charge in [0.15, 0.2) is 9.84 Å². The van der Waals surface area contributed by atoms with E-state index in [0.717, 1.165) is 37.5 Å². The molecule has 25 heavy (non-hydrogen) atoms. The highest BCUT2D eigenvalue weighted by Crippen LogP contribution is 2.42. The smallest absolute Gasteiger partial charge is 0.235 e. The minimum atomic E-state index is -3.25. The van der Waals surface area contributed by atoms with Crippen LogP contribution in [0.3, 0.4) is 0 Å². The Bertz CT molecular complexity index is 868. The lowest BCUT2D eigenvalue weighted by molar-refractivity contribution is -0.121. The van der Waals surface area contributed by atoms with E-state index in [1.165, 1.54) is 12.1 Å². The molecule has 1 aliphatic rings. The van der Waals surface area contributed by atoms with Crippen molar-refractivity contribution in [2.24, 2.45) is 0 Å². The van der Waals surface area contributed by atoms with Gasteiger partial charge in [-0.15, -0.1) is 0 Å². The Morgan fingerprint density at radius 2 is 1.56 bits per heavy atom. The molecule has 2 aromatic rings. The summed E-state index contributed by atoms with van der Waals surface area (Å²) >= 11 is 5.98. The standard InChI is InChI=1S/C19H20ClNO3S/c1-25(23,24)17-10-8-16(9-11-17)21-18(22)19(12-2-3-13-19)14-4-6-15(20)7-5-14/h4-11H,2-3,12-13H2,1H3,(H,21,22). The molecule has 0 aromatic heterocycles. The van der Waals surface area contributed by atoms with Crippen molar-refractivity contribution in [1.29, 1.82) is 0 Å². The summed E-state index contributed by atoms with van der Waals surface area (Å²) in [5, 5.41) is 3.60. The van der Waals surface area contributed by atoms with Crippen LogP contribution < -0.4 is 5.32 Å². The number of amides is 1. The van der Waals surface area contributed by atoms with Crippen molar-refractivity contribution >= 4 is 33.0 Å². The molecule has 0 bridgehead atoms. The summed E-state index contributed by atoms with van der Waals surface area (Å²) in [6, 6.07) is 13.7. The molecule has 4 nitrogen and oxygen atoms in total. The van der Waals surface area contributed by atoms with Crippen LogP contribution in [0.1, 0.15) is 31.2 Å². The van der Waals surface area contributed by atoms with E-state index < -0.39 is 15.3 Å². The van der Waals surface area contributed by atoms with Crippen molar-refractivity contribution in [1.82, 2.24) is 0 Å². The van der Waals surface area contributed by atoms with Gasteiger partial charge in [0.1, 0.15) is 0 Å². The fourth-order valence-corrected chi connectivity index (χ4v) is 4.19. The number of carbonyl (C=O) groups is 1. The zero-order chi connectivity index (χ0) is 18.1. The molecule has 0 spiro atoms. The summed E-state index contributed by atoms with van der Waals surface area (Å²) in [6.45, 7) is 0. The van der Waals surface area contributed by atoms with Gasteiger partial charge in [-0.25, -0.2) is 8.42 Å². The van der Waals surface area contributed by atoms with E-state index in [1.54, 1.807) is 12.1 Å². The van der Waals surface area contributed by atoms with Gasteiger partial charge in [-0.2, -0.15) is 0 Å². The number of hydrogen-bond donors (Lipinski definition) is 1. The van der Waals surface area contributed by atoms with Gasteiger partial charge in [0.05, 0.1) is 10.3 Å². The second-order valence-corrected chi connectivity index (χ2v) is 9.00. The van der Waals surface area contributed by atoms with Gasteiger partial charge in [-0.1, -0.05) is 36.6 Å².